The fraction of sp³-hybridized carbons (Fsp3) is 1.00. The molecule has 1 spiro atoms. The average molecular weight is 428 g/mol. The van der Waals surface area contributed by atoms with E-state index in [-0.39, 0.29) is 11.2 Å². The van der Waals surface area contributed by atoms with Crippen LogP contribution in [0.15, 0.2) is 0 Å². The summed E-state index contributed by atoms with van der Waals surface area (Å²) in [5.74, 6) is -0.574. The van der Waals surface area contributed by atoms with Crippen molar-refractivity contribution >= 4 is 22.6 Å². The van der Waals surface area contributed by atoms with Gasteiger partial charge >= 0.3 is 0 Å². The summed E-state index contributed by atoms with van der Waals surface area (Å²) < 4.78 is 6.90. The highest BCUT2D eigenvalue weighted by atomic mass is 127. The van der Waals surface area contributed by atoms with Crippen molar-refractivity contribution in [2.75, 3.05) is 17.6 Å². The standard InChI is InChI=1S/C16H29IO5/c1-14(2)9-11-18-16(7-5-4-6-8-16)22-19-12-10-15(3,13-17)21-20-14/h4-13H2,1-3H3. The molecule has 6 heteroatoms. The van der Waals surface area contributed by atoms with Crippen LogP contribution in [-0.2, 0) is 24.3 Å². The molecule has 1 aliphatic carbocycles. The van der Waals surface area contributed by atoms with E-state index in [1.54, 1.807) is 0 Å². The smallest absolute Gasteiger partial charge is 0.201 e. The summed E-state index contributed by atoms with van der Waals surface area (Å²) in [6.45, 7) is 7.13. The average Bonchev–Trinajstić information content (AvgIpc) is 2.50. The number of halogens is 1. The number of alkyl halides is 1. The molecule has 22 heavy (non-hydrogen) atoms. The largest absolute Gasteiger partial charge is 0.347 e. The van der Waals surface area contributed by atoms with Crippen LogP contribution in [0.1, 0.15) is 65.7 Å². The molecule has 0 aromatic carbocycles. The molecule has 5 nitrogen and oxygen atoms in total. The summed E-state index contributed by atoms with van der Waals surface area (Å²) >= 11 is 2.32. The van der Waals surface area contributed by atoms with Gasteiger partial charge in [0, 0.05) is 30.1 Å². The highest BCUT2D eigenvalue weighted by molar-refractivity contribution is 14.1. The Morgan fingerprint density at radius 1 is 0.818 bits per heavy atom. The maximum absolute atomic E-state index is 6.07. The van der Waals surface area contributed by atoms with E-state index < -0.39 is 5.79 Å². The van der Waals surface area contributed by atoms with Gasteiger partial charge in [-0.2, -0.15) is 0 Å². The van der Waals surface area contributed by atoms with Gasteiger partial charge in [-0.05, 0) is 33.6 Å². The molecule has 0 amide bonds. The van der Waals surface area contributed by atoms with Crippen LogP contribution in [0.3, 0.4) is 0 Å². The Balaban J connectivity index is 2.03. The van der Waals surface area contributed by atoms with Gasteiger partial charge in [0.2, 0.25) is 5.79 Å². The quantitative estimate of drug-likeness (QED) is 0.354. The van der Waals surface area contributed by atoms with E-state index in [2.05, 4.69) is 22.6 Å². The van der Waals surface area contributed by atoms with Crippen LogP contribution in [0, 0.1) is 0 Å². The van der Waals surface area contributed by atoms with Crippen LogP contribution in [0.2, 0.25) is 0 Å². The lowest BCUT2D eigenvalue weighted by molar-refractivity contribution is -0.452. The highest BCUT2D eigenvalue weighted by Crippen LogP contribution is 2.34. The third-order valence-corrected chi connectivity index (χ3v) is 5.97. The maximum atomic E-state index is 6.07. The van der Waals surface area contributed by atoms with Crippen molar-refractivity contribution in [2.24, 2.45) is 0 Å². The Morgan fingerprint density at radius 3 is 2.23 bits per heavy atom. The first kappa shape index (κ1) is 18.9. The van der Waals surface area contributed by atoms with E-state index in [1.165, 1.54) is 6.42 Å². The first-order valence-electron chi connectivity index (χ1n) is 8.26. The minimum Gasteiger partial charge on any atom is -0.347 e. The molecule has 1 heterocycles. The zero-order valence-electron chi connectivity index (χ0n) is 14.0. The summed E-state index contributed by atoms with van der Waals surface area (Å²) in [5, 5.41) is 0. The van der Waals surface area contributed by atoms with Crippen LogP contribution >= 0.6 is 22.6 Å². The lowest BCUT2D eigenvalue weighted by Crippen LogP contribution is -2.42. The Hall–Kier alpha value is 0.530. The van der Waals surface area contributed by atoms with Crippen LogP contribution in [0.4, 0.5) is 0 Å². The molecule has 0 radical (unpaired) electrons. The second-order valence-electron chi connectivity index (χ2n) is 7.24. The van der Waals surface area contributed by atoms with Gasteiger partial charge in [-0.3, -0.25) is 0 Å². The number of hydrogen-bond acceptors (Lipinski definition) is 5. The molecular formula is C16H29IO5. The molecule has 1 saturated heterocycles. The van der Waals surface area contributed by atoms with E-state index in [0.29, 0.717) is 19.6 Å². The van der Waals surface area contributed by atoms with Gasteiger partial charge in [-0.1, -0.05) is 29.0 Å². The Labute approximate surface area is 147 Å². The SMILES string of the molecule is CC1(C)CCOC2(CCCCC2)OOCCC(C)(CI)OO1. The van der Waals surface area contributed by atoms with Gasteiger partial charge in [0.25, 0.3) is 0 Å². The third kappa shape index (κ3) is 5.56. The summed E-state index contributed by atoms with van der Waals surface area (Å²) in [4.78, 5) is 22.6. The fourth-order valence-corrected chi connectivity index (χ4v) is 3.13. The number of ether oxygens (including phenoxy) is 1. The van der Waals surface area contributed by atoms with Crippen molar-refractivity contribution in [2.45, 2.75) is 82.7 Å². The second kappa shape index (κ2) is 8.07. The lowest BCUT2D eigenvalue weighted by atomic mass is 9.94. The maximum Gasteiger partial charge on any atom is 0.201 e. The van der Waals surface area contributed by atoms with E-state index in [0.717, 1.165) is 36.5 Å². The molecule has 0 N–H and O–H groups in total. The Morgan fingerprint density at radius 2 is 1.55 bits per heavy atom. The first-order chi connectivity index (χ1) is 10.4. The van der Waals surface area contributed by atoms with E-state index in [1.807, 2.05) is 20.8 Å². The van der Waals surface area contributed by atoms with Crippen molar-refractivity contribution in [1.82, 2.24) is 0 Å². The zero-order chi connectivity index (χ0) is 16.1. The summed E-state index contributed by atoms with van der Waals surface area (Å²) in [7, 11) is 0. The molecule has 130 valence electrons. The molecule has 0 bridgehead atoms. The topological polar surface area (TPSA) is 46.2 Å². The lowest BCUT2D eigenvalue weighted by Gasteiger charge is -2.38. The normalized spacial score (nSPS) is 33.8. The van der Waals surface area contributed by atoms with Crippen LogP contribution in [0.5, 0.6) is 0 Å². The molecule has 2 fully saturated rings. The van der Waals surface area contributed by atoms with Crippen LogP contribution in [0.25, 0.3) is 0 Å². The van der Waals surface area contributed by atoms with Gasteiger partial charge < -0.3 is 4.74 Å². The van der Waals surface area contributed by atoms with Crippen molar-refractivity contribution in [3.63, 3.8) is 0 Å². The first-order valence-corrected chi connectivity index (χ1v) is 9.79. The minimum absolute atomic E-state index is 0.374. The van der Waals surface area contributed by atoms with Crippen LogP contribution < -0.4 is 0 Å². The predicted molar refractivity (Wildman–Crippen MR) is 91.6 cm³/mol. The monoisotopic (exact) mass is 428 g/mol. The predicted octanol–water partition coefficient (Wildman–Crippen LogP) is 4.33. The van der Waals surface area contributed by atoms with Crippen molar-refractivity contribution in [3.05, 3.63) is 0 Å². The molecule has 1 unspecified atom stereocenters. The van der Waals surface area contributed by atoms with Crippen molar-refractivity contribution in [3.8, 4) is 0 Å². The number of hydrogen-bond donors (Lipinski definition) is 0. The summed E-state index contributed by atoms with van der Waals surface area (Å²) in [6.07, 6.45) is 6.74. The zero-order valence-corrected chi connectivity index (χ0v) is 16.1. The van der Waals surface area contributed by atoms with Gasteiger partial charge in [0.1, 0.15) is 11.2 Å². The molecule has 1 aliphatic heterocycles. The van der Waals surface area contributed by atoms with Gasteiger partial charge in [0.05, 0.1) is 13.2 Å². The van der Waals surface area contributed by atoms with Gasteiger partial charge in [0.15, 0.2) is 0 Å². The van der Waals surface area contributed by atoms with E-state index in [9.17, 15) is 0 Å². The number of rotatable bonds is 1. The molecular weight excluding hydrogens is 399 g/mol. The van der Waals surface area contributed by atoms with Crippen molar-refractivity contribution < 1.29 is 24.3 Å². The Kier molecular flexibility index (Phi) is 6.92. The summed E-state index contributed by atoms with van der Waals surface area (Å²) in [6, 6.07) is 0. The molecule has 0 aromatic rings. The van der Waals surface area contributed by atoms with E-state index in [4.69, 9.17) is 24.3 Å². The van der Waals surface area contributed by atoms with Gasteiger partial charge in [-0.25, -0.2) is 19.6 Å². The minimum atomic E-state index is -0.574. The fourth-order valence-electron chi connectivity index (χ4n) is 2.62. The second-order valence-corrected chi connectivity index (χ2v) is 8.00. The molecule has 2 rings (SSSR count). The van der Waals surface area contributed by atoms with Crippen molar-refractivity contribution in [1.29, 1.82) is 0 Å². The van der Waals surface area contributed by atoms with Gasteiger partial charge in [-0.15, -0.1) is 0 Å². The molecule has 0 aromatic heterocycles. The molecule has 1 saturated carbocycles. The third-order valence-electron chi connectivity index (χ3n) is 4.36. The van der Waals surface area contributed by atoms with Crippen LogP contribution in [-0.4, -0.2) is 34.6 Å². The highest BCUT2D eigenvalue weighted by Gasteiger charge is 2.38. The molecule has 1 atom stereocenters. The molecule has 2 aliphatic rings. The Bertz CT molecular complexity index is 343. The summed E-state index contributed by atoms with van der Waals surface area (Å²) in [5.41, 5.74) is -0.760. The van der Waals surface area contributed by atoms with E-state index >= 15 is 0 Å².